The first kappa shape index (κ1) is 19.1. The second-order valence-corrected chi connectivity index (χ2v) is 5.71. The molecule has 0 saturated carbocycles. The number of amides is 1. The maximum Gasteiger partial charge on any atom is 0.291 e. The molecule has 0 aliphatic heterocycles. The summed E-state index contributed by atoms with van der Waals surface area (Å²) >= 11 is 17.6. The van der Waals surface area contributed by atoms with E-state index in [4.69, 9.17) is 50.0 Å². The molecular formula is C15H13Cl3N4O3. The van der Waals surface area contributed by atoms with Crippen molar-refractivity contribution in [3.63, 3.8) is 0 Å². The maximum atomic E-state index is 12.1. The van der Waals surface area contributed by atoms with Crippen LogP contribution in [0.25, 0.3) is 0 Å². The molecule has 1 heterocycles. The van der Waals surface area contributed by atoms with Crippen LogP contribution in [0.2, 0.25) is 15.2 Å². The lowest BCUT2D eigenvalue weighted by Crippen LogP contribution is -2.20. The van der Waals surface area contributed by atoms with Crippen molar-refractivity contribution >= 4 is 52.6 Å². The summed E-state index contributed by atoms with van der Waals surface area (Å²) in [6.07, 6.45) is 1.39. The topological polar surface area (TPSA) is 98.8 Å². The maximum absolute atomic E-state index is 12.1. The molecule has 2 aromatic rings. The van der Waals surface area contributed by atoms with E-state index in [9.17, 15) is 4.79 Å². The van der Waals surface area contributed by atoms with Crippen LogP contribution in [-0.4, -0.2) is 31.3 Å². The van der Waals surface area contributed by atoms with Crippen molar-refractivity contribution in [2.24, 2.45) is 5.10 Å². The fraction of sp³-hybridized carbons (Fsp3) is 0.133. The largest absolute Gasteiger partial charge is 0.497 e. The summed E-state index contributed by atoms with van der Waals surface area (Å²) in [6.45, 7) is 0. The van der Waals surface area contributed by atoms with Gasteiger partial charge in [0, 0.05) is 11.6 Å². The van der Waals surface area contributed by atoms with Crippen LogP contribution in [0.1, 0.15) is 16.1 Å². The minimum Gasteiger partial charge on any atom is -0.497 e. The molecule has 7 nitrogen and oxygen atoms in total. The van der Waals surface area contributed by atoms with E-state index in [0.717, 1.165) is 0 Å². The number of rotatable bonds is 5. The fourth-order valence-corrected chi connectivity index (χ4v) is 2.41. The molecule has 1 aromatic carbocycles. The molecule has 2 rings (SSSR count). The molecule has 0 spiro atoms. The van der Waals surface area contributed by atoms with Gasteiger partial charge in [0.1, 0.15) is 16.5 Å². The Morgan fingerprint density at radius 3 is 2.60 bits per heavy atom. The van der Waals surface area contributed by atoms with Gasteiger partial charge in [-0.2, -0.15) is 5.10 Å². The summed E-state index contributed by atoms with van der Waals surface area (Å²) in [5, 5.41) is 3.59. The van der Waals surface area contributed by atoms with Crippen molar-refractivity contribution < 1.29 is 14.3 Å². The highest BCUT2D eigenvalue weighted by atomic mass is 35.5. The zero-order chi connectivity index (χ0) is 18.6. The quantitative estimate of drug-likeness (QED) is 0.453. The van der Waals surface area contributed by atoms with Gasteiger partial charge in [-0.25, -0.2) is 10.4 Å². The van der Waals surface area contributed by atoms with Crippen molar-refractivity contribution in [2.45, 2.75) is 0 Å². The Morgan fingerprint density at radius 2 is 1.96 bits per heavy atom. The van der Waals surface area contributed by atoms with E-state index in [1.54, 1.807) is 25.3 Å². The first-order valence-corrected chi connectivity index (χ1v) is 7.87. The van der Waals surface area contributed by atoms with Crippen LogP contribution in [0.5, 0.6) is 11.5 Å². The Kier molecular flexibility index (Phi) is 6.30. The molecule has 1 amide bonds. The first-order chi connectivity index (χ1) is 11.9. The molecule has 25 heavy (non-hydrogen) atoms. The van der Waals surface area contributed by atoms with Crippen LogP contribution in [0.3, 0.4) is 0 Å². The third kappa shape index (κ3) is 4.25. The molecule has 0 saturated heterocycles. The third-order valence-corrected chi connectivity index (χ3v) is 4.23. The number of carbonyl (C=O) groups is 1. The van der Waals surface area contributed by atoms with Gasteiger partial charge in [-0.1, -0.05) is 34.8 Å². The number of ether oxygens (including phenoxy) is 2. The van der Waals surface area contributed by atoms with E-state index in [0.29, 0.717) is 17.1 Å². The molecule has 1 aromatic heterocycles. The standard InChI is InChI=1S/C15H13Cl3N4O3/c1-24-8-4-3-7(9(5-8)25-2)6-20-22-15(23)13-10(16)12(19)11(17)14(18)21-13/h3-6H,1-2H3,(H2,19,21)(H,22,23)/b20-6-. The second kappa shape index (κ2) is 8.24. The van der Waals surface area contributed by atoms with Gasteiger partial charge in [0.2, 0.25) is 0 Å². The number of aromatic nitrogens is 1. The number of pyridine rings is 1. The normalized spacial score (nSPS) is 10.8. The summed E-state index contributed by atoms with van der Waals surface area (Å²) in [5.41, 5.74) is 8.35. The average molecular weight is 404 g/mol. The Morgan fingerprint density at radius 1 is 1.24 bits per heavy atom. The van der Waals surface area contributed by atoms with E-state index in [2.05, 4.69) is 15.5 Å². The summed E-state index contributed by atoms with van der Waals surface area (Å²) in [4.78, 5) is 16.0. The molecule has 0 fully saturated rings. The van der Waals surface area contributed by atoms with Crippen LogP contribution in [0.15, 0.2) is 23.3 Å². The van der Waals surface area contributed by atoms with Gasteiger partial charge in [-0.15, -0.1) is 0 Å². The molecular weight excluding hydrogens is 391 g/mol. The Balaban J connectivity index is 2.19. The second-order valence-electron chi connectivity index (χ2n) is 4.60. The lowest BCUT2D eigenvalue weighted by Gasteiger charge is -2.08. The van der Waals surface area contributed by atoms with Gasteiger partial charge in [0.25, 0.3) is 5.91 Å². The third-order valence-electron chi connectivity index (χ3n) is 3.10. The lowest BCUT2D eigenvalue weighted by molar-refractivity contribution is 0.0950. The number of nitrogens with two attached hydrogens (primary N) is 1. The highest BCUT2D eigenvalue weighted by molar-refractivity contribution is 6.46. The highest BCUT2D eigenvalue weighted by Gasteiger charge is 2.19. The van der Waals surface area contributed by atoms with Crippen LogP contribution in [0, 0.1) is 0 Å². The van der Waals surface area contributed by atoms with Gasteiger partial charge < -0.3 is 15.2 Å². The number of anilines is 1. The van der Waals surface area contributed by atoms with Gasteiger partial charge in [-0.3, -0.25) is 4.79 Å². The predicted molar refractivity (Wildman–Crippen MR) is 98.3 cm³/mol. The Bertz CT molecular complexity index is 843. The molecule has 0 aliphatic carbocycles. The van der Waals surface area contributed by atoms with E-state index >= 15 is 0 Å². The van der Waals surface area contributed by atoms with Gasteiger partial charge in [0.05, 0.1) is 31.1 Å². The summed E-state index contributed by atoms with van der Waals surface area (Å²) in [7, 11) is 3.05. The monoisotopic (exact) mass is 402 g/mol. The van der Waals surface area contributed by atoms with Crippen LogP contribution >= 0.6 is 34.8 Å². The summed E-state index contributed by atoms with van der Waals surface area (Å²) in [6, 6.07) is 5.13. The molecule has 0 atom stereocenters. The molecule has 0 bridgehead atoms. The lowest BCUT2D eigenvalue weighted by atomic mass is 10.2. The number of nitrogens with one attached hydrogen (secondary N) is 1. The minimum atomic E-state index is -0.695. The number of nitrogen functional groups attached to an aromatic ring is 1. The minimum absolute atomic E-state index is 0.0188. The molecule has 0 unspecified atom stereocenters. The fourth-order valence-electron chi connectivity index (χ4n) is 1.82. The number of hydrogen-bond acceptors (Lipinski definition) is 6. The Labute approximate surface area is 158 Å². The molecule has 0 aliphatic rings. The van der Waals surface area contributed by atoms with E-state index in [1.165, 1.54) is 13.3 Å². The number of halogens is 3. The number of carbonyl (C=O) groups excluding carboxylic acids is 1. The van der Waals surface area contributed by atoms with Gasteiger partial charge in [0.15, 0.2) is 10.8 Å². The van der Waals surface area contributed by atoms with Crippen molar-refractivity contribution in [1.82, 2.24) is 10.4 Å². The molecule has 10 heteroatoms. The Hall–Kier alpha value is -2.22. The number of methoxy groups -OCH3 is 2. The van der Waals surface area contributed by atoms with E-state index < -0.39 is 5.91 Å². The summed E-state index contributed by atoms with van der Waals surface area (Å²) < 4.78 is 10.3. The predicted octanol–water partition coefficient (Wildman–Crippen LogP) is 3.41. The molecule has 0 radical (unpaired) electrons. The highest BCUT2D eigenvalue weighted by Crippen LogP contribution is 2.34. The molecule has 3 N–H and O–H groups in total. The van der Waals surface area contributed by atoms with E-state index in [-0.39, 0.29) is 26.6 Å². The zero-order valence-corrected chi connectivity index (χ0v) is 15.4. The van der Waals surface area contributed by atoms with Crippen LogP contribution < -0.4 is 20.6 Å². The van der Waals surface area contributed by atoms with Gasteiger partial charge >= 0.3 is 0 Å². The van der Waals surface area contributed by atoms with E-state index in [1.807, 2.05) is 0 Å². The van der Waals surface area contributed by atoms with Gasteiger partial charge in [-0.05, 0) is 12.1 Å². The smallest absolute Gasteiger partial charge is 0.291 e. The SMILES string of the molecule is COc1ccc(/C=N\NC(=O)c2nc(Cl)c(Cl)c(N)c2Cl)c(OC)c1. The van der Waals surface area contributed by atoms with Crippen LogP contribution in [-0.2, 0) is 0 Å². The van der Waals surface area contributed by atoms with Crippen molar-refractivity contribution in [3.8, 4) is 11.5 Å². The van der Waals surface area contributed by atoms with Crippen molar-refractivity contribution in [3.05, 3.63) is 44.7 Å². The molecule has 132 valence electrons. The number of hydrazone groups is 1. The first-order valence-electron chi connectivity index (χ1n) is 6.74. The van der Waals surface area contributed by atoms with Crippen LogP contribution in [0.4, 0.5) is 5.69 Å². The summed E-state index contributed by atoms with van der Waals surface area (Å²) in [5.74, 6) is 0.451. The van der Waals surface area contributed by atoms with Crippen molar-refractivity contribution in [2.75, 3.05) is 20.0 Å². The van der Waals surface area contributed by atoms with Crippen molar-refractivity contribution in [1.29, 1.82) is 0 Å². The number of benzene rings is 1. The average Bonchev–Trinajstić information content (AvgIpc) is 2.62. The number of hydrogen-bond donors (Lipinski definition) is 2. The number of nitrogens with zero attached hydrogens (tertiary/aromatic N) is 2. The zero-order valence-electron chi connectivity index (χ0n) is 13.1.